The lowest BCUT2D eigenvalue weighted by molar-refractivity contribution is -0.132. The van der Waals surface area contributed by atoms with Crippen LogP contribution in [0, 0.1) is 11.3 Å². The van der Waals surface area contributed by atoms with E-state index in [9.17, 15) is 4.79 Å². The fraction of sp³-hybridized carbons (Fsp3) is 0.923. The second-order valence-corrected chi connectivity index (χ2v) is 6.37. The maximum Gasteiger partial charge on any atom is 0.222 e. The Morgan fingerprint density at radius 3 is 2.44 bits per heavy atom. The van der Waals surface area contributed by atoms with Crippen molar-refractivity contribution in [1.29, 1.82) is 0 Å². The van der Waals surface area contributed by atoms with E-state index in [1.54, 1.807) is 0 Å². The smallest absolute Gasteiger partial charge is 0.222 e. The predicted molar refractivity (Wildman–Crippen MR) is 67.0 cm³/mol. The standard InChI is InChI=1S/C13H26N2O/c1-13(2,3)9-15(4)12(16)8-10-6-5-7-11(10)14/h10-11H,5-9,14H2,1-4H3/t10-,11+/m0/s1. The Hall–Kier alpha value is -0.570. The number of hydrogen-bond acceptors (Lipinski definition) is 2. The van der Waals surface area contributed by atoms with E-state index in [4.69, 9.17) is 5.73 Å². The SMILES string of the molecule is CN(CC(C)(C)C)C(=O)C[C@@H]1CCC[C@H]1N. The largest absolute Gasteiger partial charge is 0.345 e. The average molecular weight is 226 g/mol. The highest BCUT2D eigenvalue weighted by Crippen LogP contribution is 2.27. The predicted octanol–water partition coefficient (Wildman–Crippen LogP) is 2.01. The van der Waals surface area contributed by atoms with Gasteiger partial charge in [0, 0.05) is 26.1 Å². The molecule has 0 aromatic rings. The second kappa shape index (κ2) is 5.17. The van der Waals surface area contributed by atoms with E-state index in [-0.39, 0.29) is 17.4 Å². The van der Waals surface area contributed by atoms with E-state index in [0.717, 1.165) is 19.4 Å². The van der Waals surface area contributed by atoms with Gasteiger partial charge in [-0.3, -0.25) is 4.79 Å². The Morgan fingerprint density at radius 1 is 1.38 bits per heavy atom. The minimum Gasteiger partial charge on any atom is -0.345 e. The van der Waals surface area contributed by atoms with Crippen LogP contribution in [0.3, 0.4) is 0 Å². The van der Waals surface area contributed by atoms with Crippen molar-refractivity contribution in [1.82, 2.24) is 4.90 Å². The van der Waals surface area contributed by atoms with Crippen molar-refractivity contribution in [3.63, 3.8) is 0 Å². The van der Waals surface area contributed by atoms with Gasteiger partial charge in [-0.15, -0.1) is 0 Å². The highest BCUT2D eigenvalue weighted by molar-refractivity contribution is 5.76. The van der Waals surface area contributed by atoms with Crippen LogP contribution in [-0.2, 0) is 4.79 Å². The number of amides is 1. The van der Waals surface area contributed by atoms with Gasteiger partial charge in [-0.25, -0.2) is 0 Å². The summed E-state index contributed by atoms with van der Waals surface area (Å²) in [5, 5.41) is 0. The first-order chi connectivity index (χ1) is 7.29. The molecule has 94 valence electrons. The zero-order chi connectivity index (χ0) is 12.3. The molecule has 2 atom stereocenters. The van der Waals surface area contributed by atoms with E-state index in [1.165, 1.54) is 6.42 Å². The molecule has 0 bridgehead atoms. The Morgan fingerprint density at radius 2 is 2.00 bits per heavy atom. The molecule has 3 nitrogen and oxygen atoms in total. The zero-order valence-electron chi connectivity index (χ0n) is 11.1. The molecule has 0 spiro atoms. The molecule has 0 radical (unpaired) electrons. The maximum atomic E-state index is 12.0. The first kappa shape index (κ1) is 13.5. The molecule has 1 aliphatic carbocycles. The Bertz CT molecular complexity index is 245. The molecule has 2 N–H and O–H groups in total. The molecule has 1 rings (SSSR count). The van der Waals surface area contributed by atoms with Crippen molar-refractivity contribution in [2.75, 3.05) is 13.6 Å². The number of carbonyl (C=O) groups is 1. The van der Waals surface area contributed by atoms with Crippen LogP contribution in [0.15, 0.2) is 0 Å². The van der Waals surface area contributed by atoms with Gasteiger partial charge in [0.15, 0.2) is 0 Å². The van der Waals surface area contributed by atoms with E-state index < -0.39 is 0 Å². The maximum absolute atomic E-state index is 12.0. The Balaban J connectivity index is 2.39. The lowest BCUT2D eigenvalue weighted by Crippen LogP contribution is -2.37. The van der Waals surface area contributed by atoms with Gasteiger partial charge in [-0.05, 0) is 24.2 Å². The van der Waals surface area contributed by atoms with Gasteiger partial charge in [0.25, 0.3) is 0 Å². The van der Waals surface area contributed by atoms with Gasteiger partial charge < -0.3 is 10.6 Å². The summed E-state index contributed by atoms with van der Waals surface area (Å²) in [4.78, 5) is 13.8. The summed E-state index contributed by atoms with van der Waals surface area (Å²) in [7, 11) is 1.90. The minimum absolute atomic E-state index is 0.169. The molecular formula is C13H26N2O. The third-order valence-electron chi connectivity index (χ3n) is 3.29. The molecular weight excluding hydrogens is 200 g/mol. The van der Waals surface area contributed by atoms with Crippen molar-refractivity contribution in [2.45, 2.75) is 52.5 Å². The van der Waals surface area contributed by atoms with Crippen LogP contribution < -0.4 is 5.73 Å². The number of nitrogens with two attached hydrogens (primary N) is 1. The van der Waals surface area contributed by atoms with Gasteiger partial charge >= 0.3 is 0 Å². The van der Waals surface area contributed by atoms with Crippen LogP contribution in [0.5, 0.6) is 0 Å². The van der Waals surface area contributed by atoms with Crippen LogP contribution in [0.2, 0.25) is 0 Å². The third kappa shape index (κ3) is 4.12. The van der Waals surface area contributed by atoms with Crippen LogP contribution in [0.4, 0.5) is 0 Å². The number of carbonyl (C=O) groups excluding carboxylic acids is 1. The third-order valence-corrected chi connectivity index (χ3v) is 3.29. The quantitative estimate of drug-likeness (QED) is 0.800. The summed E-state index contributed by atoms with van der Waals surface area (Å²) < 4.78 is 0. The molecule has 1 fully saturated rings. The van der Waals surface area contributed by atoms with Crippen molar-refractivity contribution >= 4 is 5.91 Å². The molecule has 0 saturated heterocycles. The summed E-state index contributed by atoms with van der Waals surface area (Å²) in [5.74, 6) is 0.659. The minimum atomic E-state index is 0.169. The molecule has 0 heterocycles. The fourth-order valence-electron chi connectivity index (χ4n) is 2.50. The van der Waals surface area contributed by atoms with Crippen molar-refractivity contribution in [3.05, 3.63) is 0 Å². The number of rotatable bonds is 3. The summed E-state index contributed by atoms with van der Waals surface area (Å²) in [6.45, 7) is 7.27. The van der Waals surface area contributed by atoms with Gasteiger partial charge in [0.05, 0.1) is 0 Å². The van der Waals surface area contributed by atoms with E-state index >= 15 is 0 Å². The first-order valence-corrected chi connectivity index (χ1v) is 6.29. The van der Waals surface area contributed by atoms with Gasteiger partial charge in [0.1, 0.15) is 0 Å². The van der Waals surface area contributed by atoms with Crippen LogP contribution in [0.1, 0.15) is 46.5 Å². The summed E-state index contributed by atoms with van der Waals surface area (Å²) in [5.41, 5.74) is 6.15. The summed E-state index contributed by atoms with van der Waals surface area (Å²) in [6.07, 6.45) is 4.02. The van der Waals surface area contributed by atoms with Crippen molar-refractivity contribution in [3.8, 4) is 0 Å². The highest BCUT2D eigenvalue weighted by atomic mass is 16.2. The van der Waals surface area contributed by atoms with Crippen LogP contribution in [0.25, 0.3) is 0 Å². The van der Waals surface area contributed by atoms with Crippen LogP contribution in [-0.4, -0.2) is 30.4 Å². The lowest BCUT2D eigenvalue weighted by Gasteiger charge is -2.28. The highest BCUT2D eigenvalue weighted by Gasteiger charge is 2.28. The first-order valence-electron chi connectivity index (χ1n) is 6.29. The van der Waals surface area contributed by atoms with E-state index in [2.05, 4.69) is 20.8 Å². The van der Waals surface area contributed by atoms with Gasteiger partial charge in [0.2, 0.25) is 5.91 Å². The molecule has 0 aromatic carbocycles. The molecule has 0 aromatic heterocycles. The van der Waals surface area contributed by atoms with Crippen LogP contribution >= 0.6 is 0 Å². The van der Waals surface area contributed by atoms with E-state index in [0.29, 0.717) is 12.3 Å². The normalized spacial score (nSPS) is 25.8. The molecule has 1 aliphatic rings. The second-order valence-electron chi connectivity index (χ2n) is 6.37. The molecule has 0 unspecified atom stereocenters. The topological polar surface area (TPSA) is 46.3 Å². The monoisotopic (exact) mass is 226 g/mol. The number of hydrogen-bond donors (Lipinski definition) is 1. The summed E-state index contributed by atoms with van der Waals surface area (Å²) >= 11 is 0. The molecule has 0 aliphatic heterocycles. The fourth-order valence-corrected chi connectivity index (χ4v) is 2.50. The summed E-state index contributed by atoms with van der Waals surface area (Å²) in [6, 6.07) is 0.243. The van der Waals surface area contributed by atoms with Gasteiger partial charge in [-0.2, -0.15) is 0 Å². The van der Waals surface area contributed by atoms with Crippen molar-refractivity contribution in [2.24, 2.45) is 17.1 Å². The van der Waals surface area contributed by atoms with Crippen molar-refractivity contribution < 1.29 is 4.79 Å². The lowest BCUT2D eigenvalue weighted by atomic mass is 9.95. The molecule has 1 amide bonds. The Labute approximate surface area is 99.4 Å². The molecule has 1 saturated carbocycles. The molecule has 3 heteroatoms. The zero-order valence-corrected chi connectivity index (χ0v) is 11.1. The Kier molecular flexibility index (Phi) is 4.36. The molecule has 16 heavy (non-hydrogen) atoms. The van der Waals surface area contributed by atoms with E-state index in [1.807, 2.05) is 11.9 Å². The van der Waals surface area contributed by atoms with Gasteiger partial charge in [-0.1, -0.05) is 27.2 Å². The average Bonchev–Trinajstić information content (AvgIpc) is 2.49. The number of nitrogens with zero attached hydrogens (tertiary/aromatic N) is 1.